The Balaban J connectivity index is 1.71. The summed E-state index contributed by atoms with van der Waals surface area (Å²) in [7, 11) is 2.01. The number of nitrogens with one attached hydrogen (secondary N) is 2. The molecule has 0 saturated carbocycles. The molecule has 3 amide bonds. The number of nitrogens with two attached hydrogens (primary N) is 1. The number of hydrogen-bond acceptors (Lipinski definition) is 9. The number of rotatable bonds is 5. The van der Waals surface area contributed by atoms with Crippen LogP contribution in [0.4, 0.5) is 0 Å². The lowest BCUT2D eigenvalue weighted by Gasteiger charge is -2.20. The smallest absolute Gasteiger partial charge is 0.309 e. The van der Waals surface area contributed by atoms with Crippen molar-refractivity contribution in [2.24, 2.45) is 5.73 Å². The lowest BCUT2D eigenvalue weighted by molar-refractivity contribution is -0.137. The van der Waals surface area contributed by atoms with E-state index in [-0.39, 0.29) is 12.4 Å². The van der Waals surface area contributed by atoms with Crippen molar-refractivity contribution in [1.82, 2.24) is 30.7 Å². The van der Waals surface area contributed by atoms with E-state index < -0.39 is 23.8 Å². The summed E-state index contributed by atoms with van der Waals surface area (Å²) in [5.74, 6) is -2.36. The number of fused-ring (bicyclic) bond motifs is 1. The predicted octanol–water partition coefficient (Wildman–Crippen LogP) is -1.41. The molecule has 4 N–H and O–H groups in total. The molecule has 0 saturated heterocycles. The Morgan fingerprint density at radius 2 is 2.27 bits per heavy atom. The van der Waals surface area contributed by atoms with Gasteiger partial charge in [-0.1, -0.05) is 5.16 Å². The molecule has 0 aromatic carbocycles. The summed E-state index contributed by atoms with van der Waals surface area (Å²) in [6, 6.07) is -0.798. The zero-order valence-electron chi connectivity index (χ0n) is 13.9. The maximum absolute atomic E-state index is 12.6. The van der Waals surface area contributed by atoms with E-state index >= 15 is 0 Å². The molecule has 0 spiro atoms. The molecule has 11 nitrogen and oxygen atoms in total. The van der Waals surface area contributed by atoms with Gasteiger partial charge in [0.05, 0.1) is 5.69 Å². The van der Waals surface area contributed by atoms with Crippen LogP contribution in [0.5, 0.6) is 0 Å². The van der Waals surface area contributed by atoms with Crippen LogP contribution in [0, 0.1) is 0 Å². The van der Waals surface area contributed by atoms with Crippen molar-refractivity contribution in [2.45, 2.75) is 19.0 Å². The SMILES string of the molecule is CN1CCc2nc(C(=O)N[C@@H](CNC(=O)C(N)=O)c3ncon3)sc2C1. The molecule has 1 aliphatic heterocycles. The Morgan fingerprint density at radius 1 is 1.46 bits per heavy atom. The van der Waals surface area contributed by atoms with Gasteiger partial charge in [0, 0.05) is 30.9 Å². The molecule has 0 radical (unpaired) electrons. The minimum Gasteiger partial charge on any atom is -0.361 e. The second kappa shape index (κ2) is 7.58. The van der Waals surface area contributed by atoms with Gasteiger partial charge >= 0.3 is 11.8 Å². The van der Waals surface area contributed by atoms with Gasteiger partial charge in [-0.25, -0.2) is 4.98 Å². The number of carbonyl (C=O) groups excluding carboxylic acids is 3. The Kier molecular flexibility index (Phi) is 5.23. The van der Waals surface area contributed by atoms with Crippen molar-refractivity contribution in [3.8, 4) is 0 Å². The van der Waals surface area contributed by atoms with Crippen molar-refractivity contribution >= 4 is 29.1 Å². The number of aromatic nitrogens is 3. The highest BCUT2D eigenvalue weighted by molar-refractivity contribution is 7.13. The zero-order valence-corrected chi connectivity index (χ0v) is 14.7. The highest BCUT2D eigenvalue weighted by Gasteiger charge is 2.25. The molecule has 0 bridgehead atoms. The average molecular weight is 379 g/mol. The van der Waals surface area contributed by atoms with E-state index in [0.717, 1.165) is 36.5 Å². The monoisotopic (exact) mass is 379 g/mol. The third-order valence-corrected chi connectivity index (χ3v) is 4.88. The van der Waals surface area contributed by atoms with E-state index in [1.165, 1.54) is 11.3 Å². The Morgan fingerprint density at radius 3 is 2.96 bits per heavy atom. The average Bonchev–Trinajstić information content (AvgIpc) is 3.26. The van der Waals surface area contributed by atoms with Crippen molar-refractivity contribution in [2.75, 3.05) is 20.1 Å². The molecule has 1 aliphatic rings. The van der Waals surface area contributed by atoms with E-state index in [9.17, 15) is 14.4 Å². The van der Waals surface area contributed by atoms with Crippen molar-refractivity contribution in [3.63, 3.8) is 0 Å². The minimum atomic E-state index is -1.13. The number of likely N-dealkylation sites (N-methyl/N-ethyl adjacent to an activating group) is 1. The number of primary amides is 1. The summed E-state index contributed by atoms with van der Waals surface area (Å²) < 4.78 is 4.68. The van der Waals surface area contributed by atoms with Gasteiger partial charge in [-0.15, -0.1) is 11.3 Å². The lowest BCUT2D eigenvalue weighted by atomic mass is 10.2. The first-order valence-electron chi connectivity index (χ1n) is 7.76. The van der Waals surface area contributed by atoms with E-state index in [4.69, 9.17) is 5.73 Å². The molecular formula is C14H17N7O4S. The Bertz CT molecular complexity index is 819. The van der Waals surface area contributed by atoms with Gasteiger partial charge in [0.25, 0.3) is 5.91 Å². The summed E-state index contributed by atoms with van der Waals surface area (Å²) in [6.45, 7) is 1.52. The zero-order chi connectivity index (χ0) is 18.7. The molecule has 2 aromatic rings. The van der Waals surface area contributed by atoms with Gasteiger partial charge in [-0.2, -0.15) is 4.98 Å². The predicted molar refractivity (Wildman–Crippen MR) is 88.9 cm³/mol. The van der Waals surface area contributed by atoms with Crippen molar-refractivity contribution in [1.29, 1.82) is 0 Å². The van der Waals surface area contributed by atoms with Crippen molar-refractivity contribution in [3.05, 3.63) is 27.8 Å². The number of hydrogen-bond donors (Lipinski definition) is 3. The van der Waals surface area contributed by atoms with Crippen LogP contribution in [-0.4, -0.2) is 57.9 Å². The number of carbonyl (C=O) groups is 3. The van der Waals surface area contributed by atoms with E-state index in [1.54, 1.807) is 0 Å². The van der Waals surface area contributed by atoms with E-state index in [2.05, 4.69) is 35.2 Å². The van der Waals surface area contributed by atoms with Crippen LogP contribution in [-0.2, 0) is 22.6 Å². The van der Waals surface area contributed by atoms with Crippen LogP contribution in [0.15, 0.2) is 10.9 Å². The van der Waals surface area contributed by atoms with Crippen LogP contribution in [0.2, 0.25) is 0 Å². The van der Waals surface area contributed by atoms with Crippen LogP contribution < -0.4 is 16.4 Å². The minimum absolute atomic E-state index is 0.124. The third-order valence-electron chi connectivity index (χ3n) is 3.80. The molecule has 3 rings (SSSR count). The molecule has 3 heterocycles. The van der Waals surface area contributed by atoms with Crippen LogP contribution in [0.1, 0.15) is 32.2 Å². The Labute approximate surface area is 151 Å². The topological polar surface area (TPSA) is 156 Å². The largest absolute Gasteiger partial charge is 0.361 e. The number of thiazole rings is 1. The first-order chi connectivity index (χ1) is 12.4. The van der Waals surface area contributed by atoms with Gasteiger partial charge in [-0.05, 0) is 7.05 Å². The highest BCUT2D eigenvalue weighted by Crippen LogP contribution is 2.24. The lowest BCUT2D eigenvalue weighted by Crippen LogP contribution is -2.42. The second-order valence-corrected chi connectivity index (χ2v) is 6.85. The summed E-state index contributed by atoms with van der Waals surface area (Å²) in [5.41, 5.74) is 5.83. The maximum Gasteiger partial charge on any atom is 0.309 e. The van der Waals surface area contributed by atoms with Crippen LogP contribution in [0.25, 0.3) is 0 Å². The molecule has 0 aliphatic carbocycles. The summed E-state index contributed by atoms with van der Waals surface area (Å²) >= 11 is 1.33. The molecule has 12 heteroatoms. The molecule has 0 fully saturated rings. The summed E-state index contributed by atoms with van der Waals surface area (Å²) in [6.07, 6.45) is 1.89. The molecule has 2 aromatic heterocycles. The number of nitrogens with zero attached hydrogens (tertiary/aromatic N) is 4. The fourth-order valence-corrected chi connectivity index (χ4v) is 3.55. The maximum atomic E-state index is 12.6. The highest BCUT2D eigenvalue weighted by atomic mass is 32.1. The van der Waals surface area contributed by atoms with Crippen LogP contribution in [0.3, 0.4) is 0 Å². The second-order valence-electron chi connectivity index (χ2n) is 5.77. The third kappa shape index (κ3) is 4.03. The van der Waals surface area contributed by atoms with Crippen molar-refractivity contribution < 1.29 is 18.9 Å². The first kappa shape index (κ1) is 17.9. The normalized spacial score (nSPS) is 15.1. The van der Waals surface area contributed by atoms with Gasteiger partial charge < -0.3 is 25.8 Å². The van der Waals surface area contributed by atoms with Gasteiger partial charge in [0.1, 0.15) is 6.04 Å². The summed E-state index contributed by atoms with van der Waals surface area (Å²) in [5, 5.41) is 8.99. The molecule has 138 valence electrons. The molecule has 1 atom stereocenters. The fraction of sp³-hybridized carbons (Fsp3) is 0.429. The fourth-order valence-electron chi connectivity index (χ4n) is 2.46. The van der Waals surface area contributed by atoms with Crippen LogP contribution >= 0.6 is 11.3 Å². The van der Waals surface area contributed by atoms with E-state index in [1.807, 2.05) is 7.05 Å². The quantitative estimate of drug-likeness (QED) is 0.535. The van der Waals surface area contributed by atoms with E-state index in [0.29, 0.717) is 5.01 Å². The summed E-state index contributed by atoms with van der Waals surface area (Å²) in [4.78, 5) is 46.2. The molecule has 0 unspecified atom stereocenters. The van der Waals surface area contributed by atoms with Gasteiger partial charge in [-0.3, -0.25) is 14.4 Å². The van der Waals surface area contributed by atoms with Gasteiger partial charge in [0.15, 0.2) is 10.8 Å². The van der Waals surface area contributed by atoms with Gasteiger partial charge in [0.2, 0.25) is 6.39 Å². The first-order valence-corrected chi connectivity index (χ1v) is 8.57. The Hall–Kier alpha value is -2.86. The standard InChI is InChI=1S/C14H17N7O4S/c1-21-3-2-7-9(5-21)26-14(19-7)13(24)18-8(11-17-6-25-20-11)4-16-12(23)10(15)22/h6,8H,2-5H2,1H3,(H2,15,22)(H,16,23)(H,18,24)/t8-/m0/s1. The number of amides is 3. The molecule has 26 heavy (non-hydrogen) atoms. The molecular weight excluding hydrogens is 362 g/mol.